The van der Waals surface area contributed by atoms with Crippen LogP contribution in [0.3, 0.4) is 0 Å². The predicted octanol–water partition coefficient (Wildman–Crippen LogP) is 0.844. The number of thiocarbonyl (C=S) groups is 1. The van der Waals surface area contributed by atoms with Crippen LogP contribution in [0, 0.1) is 0 Å². The summed E-state index contributed by atoms with van der Waals surface area (Å²) in [6, 6.07) is 0. The van der Waals surface area contributed by atoms with Gasteiger partial charge in [-0.3, -0.25) is 0 Å². The van der Waals surface area contributed by atoms with E-state index in [1.807, 2.05) is 0 Å². The highest BCUT2D eigenvalue weighted by Crippen LogP contribution is 2.16. The number of hydrogen-bond acceptors (Lipinski definition) is 4. The van der Waals surface area contributed by atoms with Gasteiger partial charge >= 0.3 is 0 Å². The van der Waals surface area contributed by atoms with Crippen LogP contribution < -0.4 is 0 Å². The van der Waals surface area contributed by atoms with Gasteiger partial charge in [-0.2, -0.15) is 0 Å². The van der Waals surface area contributed by atoms with Crippen LogP contribution in [-0.2, 0) is 0 Å². The highest BCUT2D eigenvalue weighted by atomic mass is 32.2. The zero-order chi connectivity index (χ0) is 10.4. The van der Waals surface area contributed by atoms with E-state index in [0.717, 1.165) is 17.4 Å². The molecule has 1 heterocycles. The Kier molecular flexibility index (Phi) is 5.77. The molecule has 2 N–H and O–H groups in total. The van der Waals surface area contributed by atoms with Crippen LogP contribution in [0.5, 0.6) is 0 Å². The van der Waals surface area contributed by atoms with E-state index in [1.54, 1.807) is 0 Å². The van der Waals surface area contributed by atoms with Crippen LogP contribution in [0.4, 0.5) is 0 Å². The molecule has 5 heteroatoms. The van der Waals surface area contributed by atoms with Crippen LogP contribution in [0.15, 0.2) is 0 Å². The van der Waals surface area contributed by atoms with Crippen molar-refractivity contribution in [3.63, 3.8) is 0 Å². The zero-order valence-electron chi connectivity index (χ0n) is 8.19. The van der Waals surface area contributed by atoms with Crippen molar-refractivity contribution in [1.29, 1.82) is 0 Å². The normalized spacial score (nSPS) is 19.4. The van der Waals surface area contributed by atoms with Gasteiger partial charge in [-0.05, 0) is 19.3 Å². The van der Waals surface area contributed by atoms with Gasteiger partial charge < -0.3 is 15.1 Å². The smallest absolute Gasteiger partial charge is 0.136 e. The van der Waals surface area contributed by atoms with Crippen LogP contribution in [0.2, 0.25) is 0 Å². The summed E-state index contributed by atoms with van der Waals surface area (Å²) in [5, 5.41) is 17.8. The lowest BCUT2D eigenvalue weighted by molar-refractivity contribution is 0.113. The molecule has 0 aromatic rings. The first-order valence-corrected chi connectivity index (χ1v) is 6.34. The van der Waals surface area contributed by atoms with Gasteiger partial charge in [0.05, 0.1) is 12.7 Å². The number of piperidine rings is 1. The first-order chi connectivity index (χ1) is 6.74. The average molecular weight is 235 g/mol. The molecule has 1 aliphatic rings. The van der Waals surface area contributed by atoms with Crippen LogP contribution in [0.1, 0.15) is 19.3 Å². The fraction of sp³-hybridized carbons (Fsp3) is 0.889. The predicted molar refractivity (Wildman–Crippen MR) is 63.6 cm³/mol. The van der Waals surface area contributed by atoms with Crippen LogP contribution in [-0.4, -0.2) is 51.0 Å². The minimum atomic E-state index is -0.650. The quantitative estimate of drug-likeness (QED) is 0.710. The summed E-state index contributed by atoms with van der Waals surface area (Å²) in [6.07, 6.45) is 3.07. The minimum absolute atomic E-state index is 0.185. The third-order valence-corrected chi connectivity index (χ3v) is 3.89. The topological polar surface area (TPSA) is 43.7 Å². The molecule has 0 bridgehead atoms. The van der Waals surface area contributed by atoms with E-state index in [0.29, 0.717) is 5.75 Å². The molecule has 82 valence electrons. The second-order valence-electron chi connectivity index (χ2n) is 3.46. The molecule has 0 aromatic heterocycles. The van der Waals surface area contributed by atoms with Crippen molar-refractivity contribution in [2.45, 2.75) is 25.4 Å². The molecule has 1 fully saturated rings. The Morgan fingerprint density at radius 1 is 1.36 bits per heavy atom. The molecule has 1 saturated heterocycles. The maximum atomic E-state index is 9.16. The molecule has 0 amide bonds. The molecule has 0 spiro atoms. The van der Waals surface area contributed by atoms with Crippen molar-refractivity contribution in [2.24, 2.45) is 0 Å². The van der Waals surface area contributed by atoms with Crippen molar-refractivity contribution in [3.8, 4) is 0 Å². The van der Waals surface area contributed by atoms with Crippen molar-refractivity contribution in [2.75, 3.05) is 25.4 Å². The Morgan fingerprint density at radius 3 is 2.57 bits per heavy atom. The van der Waals surface area contributed by atoms with Gasteiger partial charge in [-0.1, -0.05) is 24.0 Å². The molecule has 3 nitrogen and oxygen atoms in total. The van der Waals surface area contributed by atoms with Crippen LogP contribution in [0.25, 0.3) is 0 Å². The first kappa shape index (κ1) is 12.2. The molecule has 0 aliphatic carbocycles. The maximum Gasteiger partial charge on any atom is 0.136 e. The number of rotatable bonds is 3. The van der Waals surface area contributed by atoms with Gasteiger partial charge in [0.25, 0.3) is 0 Å². The lowest BCUT2D eigenvalue weighted by Crippen LogP contribution is -2.33. The standard InChI is InChI=1S/C9H17NO2S2/c11-6-8(12)7-14-9(13)10-4-2-1-3-5-10/h8,11-12H,1-7H2. The molecule has 0 aromatic carbocycles. The number of aliphatic hydroxyl groups excluding tert-OH is 2. The molecule has 0 radical (unpaired) electrons. The molecule has 14 heavy (non-hydrogen) atoms. The summed E-state index contributed by atoms with van der Waals surface area (Å²) < 4.78 is 0.859. The van der Waals surface area contributed by atoms with Gasteiger partial charge in [-0.15, -0.1) is 0 Å². The second-order valence-corrected chi connectivity index (χ2v) is 5.11. The Bertz CT molecular complexity index is 184. The summed E-state index contributed by atoms with van der Waals surface area (Å²) in [5.74, 6) is 0.492. The molecule has 1 unspecified atom stereocenters. The van der Waals surface area contributed by atoms with E-state index in [9.17, 15) is 0 Å². The lowest BCUT2D eigenvalue weighted by atomic mass is 10.1. The molecular formula is C9H17NO2S2. The average Bonchev–Trinajstić information content (AvgIpc) is 2.26. The second kappa shape index (κ2) is 6.61. The molecule has 1 rings (SSSR count). The van der Waals surface area contributed by atoms with Crippen molar-refractivity contribution in [1.82, 2.24) is 4.90 Å². The molecular weight excluding hydrogens is 218 g/mol. The van der Waals surface area contributed by atoms with E-state index in [4.69, 9.17) is 22.4 Å². The van der Waals surface area contributed by atoms with Gasteiger partial charge in [0.15, 0.2) is 0 Å². The Morgan fingerprint density at radius 2 is 2.00 bits per heavy atom. The first-order valence-electron chi connectivity index (χ1n) is 4.94. The van der Waals surface area contributed by atoms with Crippen molar-refractivity contribution in [3.05, 3.63) is 0 Å². The van der Waals surface area contributed by atoms with Crippen LogP contribution >= 0.6 is 24.0 Å². The third kappa shape index (κ3) is 4.13. The minimum Gasteiger partial charge on any atom is -0.394 e. The summed E-state index contributed by atoms with van der Waals surface area (Å²) in [6.45, 7) is 1.90. The van der Waals surface area contributed by atoms with Crippen molar-refractivity contribution < 1.29 is 10.2 Å². The van der Waals surface area contributed by atoms with Crippen molar-refractivity contribution >= 4 is 28.3 Å². The Labute approximate surface area is 94.5 Å². The van der Waals surface area contributed by atoms with Gasteiger partial charge in [-0.25, -0.2) is 0 Å². The number of likely N-dealkylation sites (tertiary alicyclic amines) is 1. The SMILES string of the molecule is OCC(O)CSC(=S)N1CCCCC1. The van der Waals surface area contributed by atoms with E-state index in [1.165, 1.54) is 31.0 Å². The van der Waals surface area contributed by atoms with E-state index >= 15 is 0 Å². The summed E-state index contributed by atoms with van der Waals surface area (Å²) in [4.78, 5) is 2.19. The maximum absolute atomic E-state index is 9.16. The van der Waals surface area contributed by atoms with Gasteiger partial charge in [0.1, 0.15) is 4.32 Å². The monoisotopic (exact) mass is 235 g/mol. The number of nitrogens with zero attached hydrogens (tertiary/aromatic N) is 1. The fourth-order valence-corrected chi connectivity index (χ4v) is 2.58. The number of thioether (sulfide) groups is 1. The van der Waals surface area contributed by atoms with E-state index in [2.05, 4.69) is 4.90 Å². The largest absolute Gasteiger partial charge is 0.394 e. The number of aliphatic hydroxyl groups is 2. The highest BCUT2D eigenvalue weighted by Gasteiger charge is 2.14. The summed E-state index contributed by atoms with van der Waals surface area (Å²) in [5.41, 5.74) is 0. The van der Waals surface area contributed by atoms with Gasteiger partial charge in [0.2, 0.25) is 0 Å². The zero-order valence-corrected chi connectivity index (χ0v) is 9.82. The molecule has 0 saturated carbocycles. The van der Waals surface area contributed by atoms with Gasteiger partial charge in [0, 0.05) is 18.8 Å². The fourth-order valence-electron chi connectivity index (χ4n) is 1.39. The summed E-state index contributed by atoms with van der Waals surface area (Å²) >= 11 is 6.70. The van der Waals surface area contributed by atoms with E-state index < -0.39 is 6.10 Å². The number of hydrogen-bond donors (Lipinski definition) is 2. The highest BCUT2D eigenvalue weighted by molar-refractivity contribution is 8.22. The molecule has 1 aliphatic heterocycles. The third-order valence-electron chi connectivity index (χ3n) is 2.22. The Balaban J connectivity index is 2.19. The van der Waals surface area contributed by atoms with E-state index in [-0.39, 0.29) is 6.61 Å². The molecule has 1 atom stereocenters. The summed E-state index contributed by atoms with van der Waals surface area (Å²) in [7, 11) is 0. The lowest BCUT2D eigenvalue weighted by Gasteiger charge is -2.28. The Hall–Kier alpha value is 0.160.